The molecule has 1 aromatic heterocycles. The van der Waals surface area contributed by atoms with E-state index in [4.69, 9.17) is 4.74 Å². The second kappa shape index (κ2) is 9.81. The number of nitrogens with one attached hydrogen (secondary N) is 1. The summed E-state index contributed by atoms with van der Waals surface area (Å²) in [7, 11) is 4.23. The van der Waals surface area contributed by atoms with Crippen LogP contribution in [0, 0.1) is 0 Å². The average molecular weight is 268 g/mol. The second-order valence-electron chi connectivity index (χ2n) is 4.93. The molecule has 0 aliphatic rings. The highest BCUT2D eigenvalue weighted by Gasteiger charge is 2.01. The largest absolute Gasteiger partial charge is 0.382 e. The molecule has 0 spiro atoms. The molecule has 0 saturated carbocycles. The summed E-state index contributed by atoms with van der Waals surface area (Å²) < 4.78 is 7.50. The lowest BCUT2D eigenvalue weighted by molar-refractivity contribution is 0.147. The second-order valence-corrected chi connectivity index (χ2v) is 4.93. The molecule has 0 atom stereocenters. The maximum Gasteiger partial charge on any atom is 0.202 e. The molecule has 0 fully saturated rings. The van der Waals surface area contributed by atoms with E-state index in [0.717, 1.165) is 45.2 Å². The molecule has 5 nitrogen and oxygen atoms in total. The fraction of sp³-hybridized carbons (Fsp3) is 0.786. The molecule has 0 aliphatic heterocycles. The molecule has 1 rings (SSSR count). The Balaban J connectivity index is 2.18. The topological polar surface area (TPSA) is 42.3 Å². The number of aryl methyl sites for hydroxylation is 1. The summed E-state index contributed by atoms with van der Waals surface area (Å²) >= 11 is 0. The Kier molecular flexibility index (Phi) is 8.25. The maximum absolute atomic E-state index is 5.31. The molecule has 0 saturated heterocycles. The van der Waals surface area contributed by atoms with Gasteiger partial charge in [-0.2, -0.15) is 0 Å². The van der Waals surface area contributed by atoms with Gasteiger partial charge in [-0.25, -0.2) is 4.98 Å². The highest BCUT2D eigenvalue weighted by Crippen LogP contribution is 2.06. The van der Waals surface area contributed by atoms with Gasteiger partial charge in [0.15, 0.2) is 0 Å². The van der Waals surface area contributed by atoms with Gasteiger partial charge < -0.3 is 19.5 Å². The van der Waals surface area contributed by atoms with Crippen molar-refractivity contribution in [3.05, 3.63) is 12.4 Å². The smallest absolute Gasteiger partial charge is 0.202 e. The van der Waals surface area contributed by atoms with Crippen LogP contribution in [0.3, 0.4) is 0 Å². The number of imidazole rings is 1. The molecule has 0 unspecified atom stereocenters. The Morgan fingerprint density at radius 1 is 1.32 bits per heavy atom. The predicted octanol–water partition coefficient (Wildman–Crippen LogP) is 2.06. The van der Waals surface area contributed by atoms with Crippen LogP contribution in [0.15, 0.2) is 12.4 Å². The summed E-state index contributed by atoms with van der Waals surface area (Å²) in [5.74, 6) is 0.973. The van der Waals surface area contributed by atoms with Crippen LogP contribution in [0.4, 0.5) is 5.95 Å². The maximum atomic E-state index is 5.31. The molecule has 110 valence electrons. The van der Waals surface area contributed by atoms with Crippen LogP contribution in [0.5, 0.6) is 0 Å². The molecule has 0 aromatic carbocycles. The van der Waals surface area contributed by atoms with E-state index in [1.165, 1.54) is 12.8 Å². The van der Waals surface area contributed by atoms with Crippen molar-refractivity contribution in [2.45, 2.75) is 32.7 Å². The Morgan fingerprint density at radius 2 is 2.16 bits per heavy atom. The van der Waals surface area contributed by atoms with E-state index in [1.54, 1.807) is 0 Å². The lowest BCUT2D eigenvalue weighted by Gasteiger charge is -2.11. The molecular formula is C14H28N4O. The average Bonchev–Trinajstić information content (AvgIpc) is 2.82. The van der Waals surface area contributed by atoms with Crippen molar-refractivity contribution < 1.29 is 4.74 Å². The van der Waals surface area contributed by atoms with Crippen molar-refractivity contribution in [2.24, 2.45) is 0 Å². The summed E-state index contributed by atoms with van der Waals surface area (Å²) in [5.41, 5.74) is 0. The number of hydrogen-bond acceptors (Lipinski definition) is 4. The number of anilines is 1. The zero-order valence-electron chi connectivity index (χ0n) is 12.6. The summed E-state index contributed by atoms with van der Waals surface area (Å²) in [6, 6.07) is 0. The number of ether oxygens (including phenoxy) is 1. The first-order chi connectivity index (χ1) is 9.24. The number of aromatic nitrogens is 2. The van der Waals surface area contributed by atoms with Gasteiger partial charge in [0.2, 0.25) is 5.95 Å². The van der Waals surface area contributed by atoms with E-state index in [0.29, 0.717) is 0 Å². The van der Waals surface area contributed by atoms with Crippen LogP contribution in [0.1, 0.15) is 26.2 Å². The lowest BCUT2D eigenvalue weighted by Crippen LogP contribution is -2.14. The van der Waals surface area contributed by atoms with E-state index in [2.05, 4.69) is 33.9 Å². The first kappa shape index (κ1) is 16.0. The number of hydrogen-bond donors (Lipinski definition) is 1. The van der Waals surface area contributed by atoms with Crippen LogP contribution in [0.2, 0.25) is 0 Å². The molecular weight excluding hydrogens is 240 g/mol. The first-order valence-electron chi connectivity index (χ1n) is 7.21. The number of rotatable bonds is 11. The molecule has 0 radical (unpaired) electrons. The van der Waals surface area contributed by atoms with Crippen molar-refractivity contribution in [3.8, 4) is 0 Å². The SMILES string of the molecule is CCOCCCNc1nccn1CCCCN(C)C. The third-order valence-electron chi connectivity index (χ3n) is 2.92. The summed E-state index contributed by atoms with van der Waals surface area (Å²) in [5, 5.41) is 3.36. The molecule has 0 bridgehead atoms. The first-order valence-corrected chi connectivity index (χ1v) is 7.21. The van der Waals surface area contributed by atoms with Gasteiger partial charge in [0.1, 0.15) is 0 Å². The number of unbranched alkanes of at least 4 members (excludes halogenated alkanes) is 1. The molecule has 1 heterocycles. The van der Waals surface area contributed by atoms with Gasteiger partial charge in [0.05, 0.1) is 0 Å². The third-order valence-corrected chi connectivity index (χ3v) is 2.92. The van der Waals surface area contributed by atoms with Gasteiger partial charge in [0.25, 0.3) is 0 Å². The van der Waals surface area contributed by atoms with E-state index in [9.17, 15) is 0 Å². The van der Waals surface area contributed by atoms with Crippen LogP contribution in [-0.4, -0.2) is 54.8 Å². The van der Waals surface area contributed by atoms with Crippen LogP contribution in [-0.2, 0) is 11.3 Å². The monoisotopic (exact) mass is 268 g/mol. The molecule has 5 heteroatoms. The zero-order valence-corrected chi connectivity index (χ0v) is 12.6. The molecule has 1 N–H and O–H groups in total. The summed E-state index contributed by atoms with van der Waals surface area (Å²) in [6.07, 6.45) is 7.32. The van der Waals surface area contributed by atoms with Crippen molar-refractivity contribution in [2.75, 3.05) is 45.7 Å². The van der Waals surface area contributed by atoms with Crippen molar-refractivity contribution >= 4 is 5.95 Å². The van der Waals surface area contributed by atoms with E-state index in [-0.39, 0.29) is 0 Å². The van der Waals surface area contributed by atoms with Crippen molar-refractivity contribution in [1.29, 1.82) is 0 Å². The van der Waals surface area contributed by atoms with Gasteiger partial charge in [0, 0.05) is 38.7 Å². The summed E-state index contributed by atoms with van der Waals surface area (Å²) in [4.78, 5) is 6.57. The highest BCUT2D eigenvalue weighted by atomic mass is 16.5. The highest BCUT2D eigenvalue weighted by molar-refractivity contribution is 5.25. The predicted molar refractivity (Wildman–Crippen MR) is 79.6 cm³/mol. The third kappa shape index (κ3) is 7.18. The number of nitrogens with zero attached hydrogens (tertiary/aromatic N) is 3. The van der Waals surface area contributed by atoms with E-state index >= 15 is 0 Å². The molecule has 1 aromatic rings. The Labute approximate surface area is 117 Å². The fourth-order valence-corrected chi connectivity index (χ4v) is 1.89. The molecule has 0 aliphatic carbocycles. The minimum absolute atomic E-state index is 0.792. The van der Waals surface area contributed by atoms with E-state index < -0.39 is 0 Å². The normalized spacial score (nSPS) is 11.2. The van der Waals surface area contributed by atoms with Gasteiger partial charge in [-0.1, -0.05) is 0 Å². The zero-order chi connectivity index (χ0) is 13.9. The van der Waals surface area contributed by atoms with Crippen LogP contribution in [0.25, 0.3) is 0 Å². The Morgan fingerprint density at radius 3 is 2.89 bits per heavy atom. The molecule has 19 heavy (non-hydrogen) atoms. The van der Waals surface area contributed by atoms with E-state index in [1.807, 2.05) is 19.3 Å². The van der Waals surface area contributed by atoms with Gasteiger partial charge in [-0.3, -0.25) is 0 Å². The minimum atomic E-state index is 0.792. The Hall–Kier alpha value is -1.07. The quantitative estimate of drug-likeness (QED) is 0.624. The lowest BCUT2D eigenvalue weighted by atomic mass is 10.3. The molecule has 0 amide bonds. The Bertz CT molecular complexity index is 325. The van der Waals surface area contributed by atoms with Gasteiger partial charge in [-0.05, 0) is 46.8 Å². The van der Waals surface area contributed by atoms with Crippen LogP contribution >= 0.6 is 0 Å². The fourth-order valence-electron chi connectivity index (χ4n) is 1.89. The van der Waals surface area contributed by atoms with Crippen LogP contribution < -0.4 is 5.32 Å². The van der Waals surface area contributed by atoms with Crippen molar-refractivity contribution in [1.82, 2.24) is 14.5 Å². The standard InChI is InChI=1S/C14H28N4O/c1-4-19-13-7-8-15-14-16-9-12-18(14)11-6-5-10-17(2)3/h9,12H,4-8,10-11,13H2,1-3H3,(H,15,16). The summed E-state index contributed by atoms with van der Waals surface area (Å²) in [6.45, 7) is 6.71. The van der Waals surface area contributed by atoms with Gasteiger partial charge in [-0.15, -0.1) is 0 Å². The minimum Gasteiger partial charge on any atom is -0.382 e. The van der Waals surface area contributed by atoms with Crippen molar-refractivity contribution in [3.63, 3.8) is 0 Å². The van der Waals surface area contributed by atoms with Gasteiger partial charge >= 0.3 is 0 Å².